The van der Waals surface area contributed by atoms with Gasteiger partial charge < -0.3 is 14.5 Å². The molecule has 0 saturated carbocycles. The zero-order chi connectivity index (χ0) is 20.5. The number of fused-ring (bicyclic) bond motifs is 3. The molecule has 0 bridgehead atoms. The Morgan fingerprint density at radius 3 is 2.17 bits per heavy atom. The van der Waals surface area contributed by atoms with Gasteiger partial charge in [0.1, 0.15) is 6.61 Å². The molecule has 1 aliphatic heterocycles. The number of nitrogens with zero attached hydrogens (tertiary/aromatic N) is 2. The molecule has 5 heteroatoms. The van der Waals surface area contributed by atoms with Gasteiger partial charge in [-0.3, -0.25) is 5.41 Å². The molecule has 0 fully saturated rings. The second-order valence-corrected chi connectivity index (χ2v) is 7.27. The van der Waals surface area contributed by atoms with Gasteiger partial charge in [0, 0.05) is 13.1 Å². The van der Waals surface area contributed by atoms with E-state index in [2.05, 4.69) is 55.4 Å². The highest BCUT2D eigenvalue weighted by Gasteiger charge is 2.21. The average molecular weight is 394 g/mol. The number of hydrogen-bond donors (Lipinski definition) is 1. The smallest absolute Gasteiger partial charge is 0.285 e. The first kappa shape index (κ1) is 20.9. The summed E-state index contributed by atoms with van der Waals surface area (Å²) >= 11 is 0. The summed E-state index contributed by atoms with van der Waals surface area (Å²) in [6.45, 7) is 6.23. The third-order valence-corrected chi connectivity index (χ3v) is 5.17. The van der Waals surface area contributed by atoms with E-state index in [0.29, 0.717) is 26.3 Å². The molecule has 0 aliphatic carbocycles. The molecule has 0 aromatic heterocycles. The number of nitrogens with one attached hydrogen (secondary N) is 1. The van der Waals surface area contributed by atoms with E-state index in [1.54, 1.807) is 0 Å². The van der Waals surface area contributed by atoms with Crippen LogP contribution >= 0.6 is 0 Å². The Morgan fingerprint density at radius 1 is 0.966 bits per heavy atom. The van der Waals surface area contributed by atoms with E-state index < -0.39 is 0 Å². The zero-order valence-corrected chi connectivity index (χ0v) is 17.5. The maximum absolute atomic E-state index is 8.42. The van der Waals surface area contributed by atoms with Gasteiger partial charge in [0.25, 0.3) is 6.02 Å². The summed E-state index contributed by atoms with van der Waals surface area (Å²) in [5.74, 6) is 0. The second kappa shape index (κ2) is 10.6. The van der Waals surface area contributed by atoms with Crippen LogP contribution in [0.3, 0.4) is 0 Å². The van der Waals surface area contributed by atoms with Crippen LogP contribution in [0.1, 0.15) is 50.7 Å². The second-order valence-electron chi connectivity index (χ2n) is 7.27. The SMILES string of the molecule is CCCC/C(CC)=N\OCCOC(=N)N1Cc2ccccc2-c2ccccc2C1. The van der Waals surface area contributed by atoms with Crippen LogP contribution in [-0.4, -0.2) is 29.8 Å². The number of hydrogen-bond acceptors (Lipinski definition) is 4. The van der Waals surface area contributed by atoms with Gasteiger partial charge in [0.2, 0.25) is 0 Å². The number of ether oxygens (including phenoxy) is 1. The van der Waals surface area contributed by atoms with Gasteiger partial charge in [-0.15, -0.1) is 0 Å². The van der Waals surface area contributed by atoms with Crippen molar-refractivity contribution in [1.29, 1.82) is 5.41 Å². The van der Waals surface area contributed by atoms with Crippen LogP contribution in [0.15, 0.2) is 53.7 Å². The topological polar surface area (TPSA) is 57.9 Å². The summed E-state index contributed by atoms with van der Waals surface area (Å²) in [5, 5.41) is 12.6. The third-order valence-electron chi connectivity index (χ3n) is 5.17. The highest BCUT2D eigenvalue weighted by molar-refractivity contribution is 5.83. The van der Waals surface area contributed by atoms with Crippen molar-refractivity contribution >= 4 is 11.7 Å². The van der Waals surface area contributed by atoms with Crippen molar-refractivity contribution in [1.82, 2.24) is 4.90 Å². The lowest BCUT2D eigenvalue weighted by atomic mass is 9.97. The summed E-state index contributed by atoms with van der Waals surface area (Å²) in [6, 6.07) is 16.9. The Bertz CT molecular complexity index is 800. The largest absolute Gasteiger partial charge is 0.462 e. The van der Waals surface area contributed by atoms with Crippen LogP contribution in [0.2, 0.25) is 0 Å². The lowest BCUT2D eigenvalue weighted by Crippen LogP contribution is -2.31. The Labute approximate surface area is 173 Å². The molecule has 0 radical (unpaired) electrons. The minimum absolute atomic E-state index is 0.172. The van der Waals surface area contributed by atoms with E-state index in [9.17, 15) is 0 Å². The molecule has 0 spiro atoms. The molecule has 154 valence electrons. The van der Waals surface area contributed by atoms with Crippen molar-refractivity contribution in [3.63, 3.8) is 0 Å². The van der Waals surface area contributed by atoms with Gasteiger partial charge >= 0.3 is 0 Å². The Hall–Kier alpha value is -2.82. The molecular formula is C24H31N3O2. The fourth-order valence-electron chi connectivity index (χ4n) is 3.52. The lowest BCUT2D eigenvalue weighted by molar-refractivity contribution is 0.0910. The fourth-order valence-corrected chi connectivity index (χ4v) is 3.52. The van der Waals surface area contributed by atoms with Crippen LogP contribution in [0.4, 0.5) is 0 Å². The Balaban J connectivity index is 1.57. The number of rotatable bonds is 8. The summed E-state index contributed by atoms with van der Waals surface area (Å²) in [6.07, 6.45) is 4.18. The molecule has 2 aromatic carbocycles. The van der Waals surface area contributed by atoms with Crippen molar-refractivity contribution in [3.05, 3.63) is 59.7 Å². The number of benzene rings is 2. The van der Waals surface area contributed by atoms with Gasteiger partial charge in [0.15, 0.2) is 6.61 Å². The van der Waals surface area contributed by atoms with Crippen LogP contribution in [0.5, 0.6) is 0 Å². The molecule has 0 atom stereocenters. The van der Waals surface area contributed by atoms with E-state index in [1.807, 2.05) is 17.0 Å². The molecule has 0 saturated heterocycles. The van der Waals surface area contributed by atoms with Gasteiger partial charge in [-0.1, -0.05) is 74.0 Å². The third kappa shape index (κ3) is 5.59. The van der Waals surface area contributed by atoms with Crippen LogP contribution in [0, 0.1) is 5.41 Å². The molecule has 0 amide bonds. The first-order valence-corrected chi connectivity index (χ1v) is 10.5. The van der Waals surface area contributed by atoms with E-state index in [4.69, 9.17) is 15.0 Å². The van der Waals surface area contributed by atoms with E-state index in [1.165, 1.54) is 22.3 Å². The molecule has 1 heterocycles. The summed E-state index contributed by atoms with van der Waals surface area (Å²) in [7, 11) is 0. The summed E-state index contributed by atoms with van der Waals surface area (Å²) in [4.78, 5) is 7.37. The van der Waals surface area contributed by atoms with Gasteiger partial charge in [-0.25, -0.2) is 0 Å². The van der Waals surface area contributed by atoms with Crippen molar-refractivity contribution < 1.29 is 9.57 Å². The van der Waals surface area contributed by atoms with E-state index in [-0.39, 0.29) is 6.02 Å². The summed E-state index contributed by atoms with van der Waals surface area (Å²) < 4.78 is 5.68. The van der Waals surface area contributed by atoms with Gasteiger partial charge in [-0.05, 0) is 41.5 Å². The van der Waals surface area contributed by atoms with Crippen molar-refractivity contribution in [2.45, 2.75) is 52.6 Å². The maximum Gasteiger partial charge on any atom is 0.285 e. The minimum atomic E-state index is 0.172. The maximum atomic E-state index is 8.42. The molecular weight excluding hydrogens is 362 g/mol. The van der Waals surface area contributed by atoms with E-state index in [0.717, 1.165) is 31.4 Å². The number of oxime groups is 1. The first-order valence-electron chi connectivity index (χ1n) is 10.5. The molecule has 5 nitrogen and oxygen atoms in total. The Morgan fingerprint density at radius 2 is 1.59 bits per heavy atom. The predicted molar refractivity (Wildman–Crippen MR) is 118 cm³/mol. The molecule has 29 heavy (non-hydrogen) atoms. The lowest BCUT2D eigenvalue weighted by Gasteiger charge is -2.23. The normalized spacial score (nSPS) is 13.3. The van der Waals surface area contributed by atoms with Crippen LogP contribution in [0.25, 0.3) is 11.1 Å². The monoisotopic (exact) mass is 393 g/mol. The standard InChI is InChI=1S/C24H31N3O2/c1-3-5-12-21(4-2)26-29-16-15-28-24(25)27-17-19-10-6-8-13-22(19)23-14-9-7-11-20(23)18-27/h6-11,13-14,25H,3-5,12,15-18H2,1-2H3/b25-24?,26-21-. The molecule has 1 aliphatic rings. The quantitative estimate of drug-likeness (QED) is 0.275. The molecule has 3 rings (SSSR count). The fraction of sp³-hybridized carbons (Fsp3) is 0.417. The highest BCUT2D eigenvalue weighted by atomic mass is 16.6. The molecule has 2 aromatic rings. The number of amidine groups is 1. The first-order chi connectivity index (χ1) is 14.2. The number of unbranched alkanes of at least 4 members (excludes halogenated alkanes) is 1. The van der Waals surface area contributed by atoms with Crippen LogP contribution in [-0.2, 0) is 22.7 Å². The Kier molecular flexibility index (Phi) is 7.68. The van der Waals surface area contributed by atoms with Gasteiger partial charge in [-0.2, -0.15) is 0 Å². The van der Waals surface area contributed by atoms with Crippen molar-refractivity contribution in [2.75, 3.05) is 13.2 Å². The summed E-state index contributed by atoms with van der Waals surface area (Å²) in [5.41, 5.74) is 5.96. The minimum Gasteiger partial charge on any atom is -0.462 e. The van der Waals surface area contributed by atoms with Crippen molar-refractivity contribution in [3.8, 4) is 11.1 Å². The average Bonchev–Trinajstić information content (AvgIpc) is 2.92. The molecule has 0 unspecified atom stereocenters. The molecule has 1 N–H and O–H groups in total. The van der Waals surface area contributed by atoms with Crippen LogP contribution < -0.4 is 0 Å². The highest BCUT2D eigenvalue weighted by Crippen LogP contribution is 2.32. The van der Waals surface area contributed by atoms with Gasteiger partial charge in [0.05, 0.1) is 5.71 Å². The van der Waals surface area contributed by atoms with Crippen molar-refractivity contribution in [2.24, 2.45) is 5.16 Å². The van der Waals surface area contributed by atoms with E-state index >= 15 is 0 Å². The predicted octanol–water partition coefficient (Wildman–Crippen LogP) is 5.59. The zero-order valence-electron chi connectivity index (χ0n) is 17.5.